The van der Waals surface area contributed by atoms with Gasteiger partial charge in [-0.1, -0.05) is 45.4 Å². The standard InChI is InChI=1S/C15H31NO/c1-3-4-5-6-7-8-9-12-16-15(2)10-13-17-14-11-15/h16H,3-14H2,1-2H3. The van der Waals surface area contributed by atoms with E-state index in [1.807, 2.05) is 0 Å². The lowest BCUT2D eigenvalue weighted by molar-refractivity contribution is 0.0453. The van der Waals surface area contributed by atoms with Gasteiger partial charge in [0.05, 0.1) is 0 Å². The average molecular weight is 241 g/mol. The predicted molar refractivity (Wildman–Crippen MR) is 74.5 cm³/mol. The van der Waals surface area contributed by atoms with Crippen LogP contribution in [0.3, 0.4) is 0 Å². The normalized spacial score (nSPS) is 19.4. The summed E-state index contributed by atoms with van der Waals surface area (Å²) in [6.45, 7) is 7.67. The molecular weight excluding hydrogens is 210 g/mol. The molecule has 0 unspecified atom stereocenters. The summed E-state index contributed by atoms with van der Waals surface area (Å²) in [5.74, 6) is 0. The van der Waals surface area contributed by atoms with Crippen LogP contribution in [0.25, 0.3) is 0 Å². The van der Waals surface area contributed by atoms with E-state index in [2.05, 4.69) is 19.2 Å². The van der Waals surface area contributed by atoms with Crippen LogP contribution in [0.4, 0.5) is 0 Å². The highest BCUT2D eigenvalue weighted by Gasteiger charge is 2.25. The van der Waals surface area contributed by atoms with Gasteiger partial charge >= 0.3 is 0 Å². The molecule has 0 radical (unpaired) electrons. The van der Waals surface area contributed by atoms with Gasteiger partial charge in [-0.05, 0) is 32.7 Å². The summed E-state index contributed by atoms with van der Waals surface area (Å²) in [5.41, 5.74) is 0.348. The Balaban J connectivity index is 1.89. The second kappa shape index (κ2) is 8.93. The molecule has 0 saturated carbocycles. The van der Waals surface area contributed by atoms with Crippen LogP contribution in [-0.2, 0) is 4.74 Å². The largest absolute Gasteiger partial charge is 0.381 e. The second-order valence-electron chi connectivity index (χ2n) is 5.72. The Morgan fingerprint density at radius 2 is 1.53 bits per heavy atom. The zero-order valence-electron chi connectivity index (χ0n) is 11.9. The highest BCUT2D eigenvalue weighted by Crippen LogP contribution is 2.19. The molecular formula is C15H31NO. The van der Waals surface area contributed by atoms with Gasteiger partial charge in [-0.15, -0.1) is 0 Å². The first-order valence-corrected chi connectivity index (χ1v) is 7.60. The summed E-state index contributed by atoms with van der Waals surface area (Å²) < 4.78 is 5.41. The summed E-state index contributed by atoms with van der Waals surface area (Å²) in [4.78, 5) is 0. The molecule has 0 amide bonds. The quantitative estimate of drug-likeness (QED) is 0.618. The zero-order chi connectivity index (χ0) is 12.4. The minimum absolute atomic E-state index is 0.348. The van der Waals surface area contributed by atoms with Crippen molar-refractivity contribution in [3.63, 3.8) is 0 Å². The number of unbranched alkanes of at least 4 members (excludes halogenated alkanes) is 6. The van der Waals surface area contributed by atoms with Crippen molar-refractivity contribution < 1.29 is 4.74 Å². The van der Waals surface area contributed by atoms with E-state index in [9.17, 15) is 0 Å². The minimum atomic E-state index is 0.348. The van der Waals surface area contributed by atoms with Gasteiger partial charge in [-0.25, -0.2) is 0 Å². The first-order chi connectivity index (χ1) is 8.27. The Bertz CT molecular complexity index is 176. The number of hydrogen-bond donors (Lipinski definition) is 1. The van der Waals surface area contributed by atoms with Crippen molar-refractivity contribution >= 4 is 0 Å². The van der Waals surface area contributed by atoms with Crippen molar-refractivity contribution in [2.24, 2.45) is 0 Å². The van der Waals surface area contributed by atoms with Crippen LogP contribution in [0, 0.1) is 0 Å². The lowest BCUT2D eigenvalue weighted by Gasteiger charge is -2.34. The van der Waals surface area contributed by atoms with Crippen LogP contribution in [0.2, 0.25) is 0 Å². The van der Waals surface area contributed by atoms with Crippen molar-refractivity contribution in [2.45, 2.75) is 77.2 Å². The van der Waals surface area contributed by atoms with Crippen LogP contribution in [0.1, 0.15) is 71.6 Å². The maximum absolute atomic E-state index is 5.41. The Labute approximate surface area is 108 Å². The van der Waals surface area contributed by atoms with Gasteiger partial charge in [0.15, 0.2) is 0 Å². The van der Waals surface area contributed by atoms with Gasteiger partial charge in [0, 0.05) is 18.8 Å². The summed E-state index contributed by atoms with van der Waals surface area (Å²) >= 11 is 0. The maximum atomic E-state index is 5.41. The molecule has 0 aromatic carbocycles. The van der Waals surface area contributed by atoms with E-state index in [1.54, 1.807) is 0 Å². The van der Waals surface area contributed by atoms with E-state index in [0.717, 1.165) is 13.2 Å². The zero-order valence-corrected chi connectivity index (χ0v) is 11.9. The fourth-order valence-electron chi connectivity index (χ4n) is 2.47. The number of hydrogen-bond acceptors (Lipinski definition) is 2. The average Bonchev–Trinajstić information content (AvgIpc) is 2.33. The molecule has 0 aromatic rings. The van der Waals surface area contributed by atoms with Gasteiger partial charge in [-0.3, -0.25) is 0 Å². The van der Waals surface area contributed by atoms with Crippen LogP contribution >= 0.6 is 0 Å². The van der Waals surface area contributed by atoms with Crippen molar-refractivity contribution in [1.29, 1.82) is 0 Å². The number of ether oxygens (including phenoxy) is 1. The molecule has 1 heterocycles. The van der Waals surface area contributed by atoms with Crippen molar-refractivity contribution in [2.75, 3.05) is 19.8 Å². The molecule has 1 saturated heterocycles. The summed E-state index contributed by atoms with van der Waals surface area (Å²) in [7, 11) is 0. The first-order valence-electron chi connectivity index (χ1n) is 7.60. The molecule has 0 spiro atoms. The van der Waals surface area contributed by atoms with E-state index >= 15 is 0 Å². The van der Waals surface area contributed by atoms with E-state index in [-0.39, 0.29) is 0 Å². The highest BCUT2D eigenvalue weighted by atomic mass is 16.5. The summed E-state index contributed by atoms with van der Waals surface area (Å²) in [6.07, 6.45) is 12.1. The van der Waals surface area contributed by atoms with E-state index in [0.29, 0.717) is 5.54 Å². The lowest BCUT2D eigenvalue weighted by Crippen LogP contribution is -2.47. The van der Waals surface area contributed by atoms with E-state index in [4.69, 9.17) is 4.74 Å². The van der Waals surface area contributed by atoms with Crippen LogP contribution in [0.15, 0.2) is 0 Å². The summed E-state index contributed by atoms with van der Waals surface area (Å²) in [6, 6.07) is 0. The molecule has 2 nitrogen and oxygen atoms in total. The SMILES string of the molecule is CCCCCCCCCNC1(C)CCOCC1. The smallest absolute Gasteiger partial charge is 0.0483 e. The predicted octanol–water partition coefficient (Wildman–Crippen LogP) is 3.90. The number of nitrogens with one attached hydrogen (secondary N) is 1. The Morgan fingerprint density at radius 1 is 0.941 bits per heavy atom. The molecule has 0 atom stereocenters. The van der Waals surface area contributed by atoms with Gasteiger partial charge in [0.2, 0.25) is 0 Å². The molecule has 1 N–H and O–H groups in total. The van der Waals surface area contributed by atoms with Crippen LogP contribution < -0.4 is 5.32 Å². The molecule has 1 rings (SSSR count). The fraction of sp³-hybridized carbons (Fsp3) is 1.00. The highest BCUT2D eigenvalue weighted by molar-refractivity contribution is 4.84. The topological polar surface area (TPSA) is 21.3 Å². The molecule has 102 valence electrons. The fourth-order valence-corrected chi connectivity index (χ4v) is 2.47. The molecule has 0 bridgehead atoms. The maximum Gasteiger partial charge on any atom is 0.0483 e. The van der Waals surface area contributed by atoms with Gasteiger partial charge < -0.3 is 10.1 Å². The van der Waals surface area contributed by atoms with Gasteiger partial charge in [0.1, 0.15) is 0 Å². The lowest BCUT2D eigenvalue weighted by atomic mass is 9.92. The molecule has 1 fully saturated rings. The minimum Gasteiger partial charge on any atom is -0.381 e. The Hall–Kier alpha value is -0.0800. The van der Waals surface area contributed by atoms with Gasteiger partial charge in [0.25, 0.3) is 0 Å². The first kappa shape index (κ1) is 15.0. The monoisotopic (exact) mass is 241 g/mol. The van der Waals surface area contributed by atoms with Crippen molar-refractivity contribution in [3.8, 4) is 0 Å². The Morgan fingerprint density at radius 3 is 2.18 bits per heavy atom. The third kappa shape index (κ3) is 7.05. The second-order valence-corrected chi connectivity index (χ2v) is 5.72. The molecule has 1 aliphatic heterocycles. The molecule has 17 heavy (non-hydrogen) atoms. The van der Waals surface area contributed by atoms with E-state index in [1.165, 1.54) is 64.3 Å². The summed E-state index contributed by atoms with van der Waals surface area (Å²) in [5, 5.41) is 3.72. The third-order valence-corrected chi connectivity index (χ3v) is 3.93. The molecule has 1 aliphatic rings. The van der Waals surface area contributed by atoms with Crippen LogP contribution in [0.5, 0.6) is 0 Å². The molecule has 0 aliphatic carbocycles. The Kier molecular flexibility index (Phi) is 7.87. The van der Waals surface area contributed by atoms with Gasteiger partial charge in [-0.2, -0.15) is 0 Å². The van der Waals surface area contributed by atoms with E-state index < -0.39 is 0 Å². The molecule has 0 aromatic heterocycles. The van der Waals surface area contributed by atoms with Crippen LogP contribution in [-0.4, -0.2) is 25.3 Å². The third-order valence-electron chi connectivity index (χ3n) is 3.93. The van der Waals surface area contributed by atoms with Crippen molar-refractivity contribution in [3.05, 3.63) is 0 Å². The number of rotatable bonds is 9. The molecule has 2 heteroatoms. The van der Waals surface area contributed by atoms with Crippen molar-refractivity contribution in [1.82, 2.24) is 5.32 Å².